The Morgan fingerprint density at radius 2 is 1.82 bits per heavy atom. The SMILES string of the molecule is CCc1ccc(-c2nn3c([C@H]4[C@H](C(=O)O)[C@H]5C=C[C@H]4C5)nc4ccccc4c3nc2=O)cc1. The fourth-order valence-corrected chi connectivity index (χ4v) is 5.46. The van der Waals surface area contributed by atoms with Crippen LogP contribution in [0.5, 0.6) is 0 Å². The third kappa shape index (κ3) is 2.99. The summed E-state index contributed by atoms with van der Waals surface area (Å²) in [5.41, 5.74) is 2.76. The van der Waals surface area contributed by atoms with Gasteiger partial charge in [0.05, 0.1) is 11.4 Å². The summed E-state index contributed by atoms with van der Waals surface area (Å²) in [7, 11) is 0. The Morgan fingerprint density at radius 3 is 2.58 bits per heavy atom. The van der Waals surface area contributed by atoms with Gasteiger partial charge < -0.3 is 5.11 Å². The van der Waals surface area contributed by atoms with Crippen molar-refractivity contribution in [3.63, 3.8) is 0 Å². The smallest absolute Gasteiger partial charge is 0.307 e. The van der Waals surface area contributed by atoms with Gasteiger partial charge in [-0.05, 0) is 42.4 Å². The molecule has 33 heavy (non-hydrogen) atoms. The molecule has 4 atom stereocenters. The number of nitrogens with zero attached hydrogens (tertiary/aromatic N) is 4. The number of carboxylic acid groups (broad SMARTS) is 1. The zero-order valence-corrected chi connectivity index (χ0v) is 18.0. The highest BCUT2D eigenvalue weighted by Crippen LogP contribution is 2.52. The van der Waals surface area contributed by atoms with Crippen LogP contribution in [0.1, 0.15) is 30.7 Å². The molecule has 2 aromatic carbocycles. The molecular weight excluding hydrogens is 416 g/mol. The molecule has 164 valence electrons. The van der Waals surface area contributed by atoms with Crippen LogP contribution in [0.2, 0.25) is 0 Å². The Labute approximate surface area is 189 Å². The van der Waals surface area contributed by atoms with Crippen LogP contribution in [-0.2, 0) is 11.2 Å². The summed E-state index contributed by atoms with van der Waals surface area (Å²) in [5.74, 6) is -1.14. The minimum absolute atomic E-state index is 0.0192. The van der Waals surface area contributed by atoms with Crippen LogP contribution >= 0.6 is 0 Å². The first-order valence-corrected chi connectivity index (χ1v) is 11.3. The number of benzene rings is 2. The third-order valence-electron chi connectivity index (χ3n) is 7.09. The molecule has 0 unspecified atom stereocenters. The molecule has 0 aliphatic heterocycles. The largest absolute Gasteiger partial charge is 0.481 e. The zero-order valence-electron chi connectivity index (χ0n) is 18.0. The van der Waals surface area contributed by atoms with Gasteiger partial charge in [-0.25, -0.2) is 4.98 Å². The lowest BCUT2D eigenvalue weighted by Crippen LogP contribution is -2.29. The first kappa shape index (κ1) is 19.8. The predicted octanol–water partition coefficient (Wildman–Crippen LogP) is 3.86. The highest BCUT2D eigenvalue weighted by Gasteiger charge is 2.50. The van der Waals surface area contributed by atoms with Crippen molar-refractivity contribution in [1.82, 2.24) is 19.6 Å². The first-order valence-electron chi connectivity index (χ1n) is 11.3. The van der Waals surface area contributed by atoms with Gasteiger partial charge in [-0.3, -0.25) is 9.59 Å². The van der Waals surface area contributed by atoms with Gasteiger partial charge in [-0.15, -0.1) is 0 Å². The molecule has 6 rings (SSSR count). The summed E-state index contributed by atoms with van der Waals surface area (Å²) in [6.45, 7) is 2.07. The fourth-order valence-electron chi connectivity index (χ4n) is 5.46. The maximum absolute atomic E-state index is 13.1. The predicted molar refractivity (Wildman–Crippen MR) is 124 cm³/mol. The lowest BCUT2D eigenvalue weighted by molar-refractivity contribution is -0.143. The number of aromatic nitrogens is 4. The Hall–Kier alpha value is -3.87. The molecule has 0 radical (unpaired) electrons. The monoisotopic (exact) mass is 438 g/mol. The van der Waals surface area contributed by atoms with Crippen molar-refractivity contribution in [3.8, 4) is 11.3 Å². The van der Waals surface area contributed by atoms with Crippen molar-refractivity contribution in [2.75, 3.05) is 0 Å². The number of aryl methyl sites for hydroxylation is 1. The second kappa shape index (κ2) is 7.33. The van der Waals surface area contributed by atoms with Crippen molar-refractivity contribution in [1.29, 1.82) is 0 Å². The Morgan fingerprint density at radius 1 is 1.06 bits per heavy atom. The van der Waals surface area contributed by atoms with E-state index in [1.54, 1.807) is 4.52 Å². The van der Waals surface area contributed by atoms with Gasteiger partial charge in [-0.1, -0.05) is 55.5 Å². The van der Waals surface area contributed by atoms with Crippen LogP contribution in [0.25, 0.3) is 27.8 Å². The topological polar surface area (TPSA) is 97.5 Å². The number of rotatable bonds is 4. The molecule has 1 saturated carbocycles. The molecular formula is C26H22N4O3. The van der Waals surface area contributed by atoms with E-state index < -0.39 is 17.4 Å². The Kier molecular flexibility index (Phi) is 4.40. The number of aliphatic carboxylic acids is 1. The van der Waals surface area contributed by atoms with Gasteiger partial charge in [0.1, 0.15) is 5.82 Å². The minimum Gasteiger partial charge on any atom is -0.481 e. The van der Waals surface area contributed by atoms with E-state index in [2.05, 4.69) is 18.0 Å². The normalized spacial score (nSPS) is 23.5. The van der Waals surface area contributed by atoms with E-state index in [9.17, 15) is 14.7 Å². The average molecular weight is 438 g/mol. The fraction of sp³-hybridized carbons (Fsp3) is 0.269. The number of para-hydroxylation sites is 1. The summed E-state index contributed by atoms with van der Waals surface area (Å²) in [5, 5.41) is 15.5. The van der Waals surface area contributed by atoms with E-state index >= 15 is 0 Å². The number of carbonyl (C=O) groups is 1. The lowest BCUT2D eigenvalue weighted by Gasteiger charge is -2.25. The number of fused-ring (bicyclic) bond motifs is 5. The van der Waals surface area contributed by atoms with Gasteiger partial charge in [0, 0.05) is 16.9 Å². The minimum atomic E-state index is -0.829. The van der Waals surface area contributed by atoms with Crippen molar-refractivity contribution < 1.29 is 9.90 Å². The Bertz CT molecular complexity index is 1510. The van der Waals surface area contributed by atoms with Crippen molar-refractivity contribution in [3.05, 3.63) is 82.4 Å². The molecule has 2 aromatic heterocycles. The van der Waals surface area contributed by atoms with Gasteiger partial charge >= 0.3 is 5.97 Å². The molecule has 0 spiro atoms. The van der Waals surface area contributed by atoms with E-state index in [-0.39, 0.29) is 23.4 Å². The molecule has 1 fully saturated rings. The zero-order chi connectivity index (χ0) is 22.7. The highest BCUT2D eigenvalue weighted by atomic mass is 16.4. The Balaban J connectivity index is 1.64. The molecule has 2 aliphatic rings. The second-order valence-corrected chi connectivity index (χ2v) is 8.88. The first-order chi connectivity index (χ1) is 16.0. The van der Waals surface area contributed by atoms with Gasteiger partial charge in [0.25, 0.3) is 5.56 Å². The molecule has 7 nitrogen and oxygen atoms in total. The van der Waals surface area contributed by atoms with Gasteiger partial charge in [0.15, 0.2) is 11.3 Å². The lowest BCUT2D eigenvalue weighted by atomic mass is 9.82. The van der Waals surface area contributed by atoms with Gasteiger partial charge in [-0.2, -0.15) is 14.6 Å². The van der Waals surface area contributed by atoms with E-state index in [0.717, 1.165) is 12.8 Å². The van der Waals surface area contributed by atoms with Crippen LogP contribution in [0.15, 0.2) is 65.5 Å². The molecule has 7 heteroatoms. The average Bonchev–Trinajstić information content (AvgIpc) is 3.45. The summed E-state index contributed by atoms with van der Waals surface area (Å²) >= 11 is 0. The highest BCUT2D eigenvalue weighted by molar-refractivity contribution is 5.91. The summed E-state index contributed by atoms with van der Waals surface area (Å²) in [6.07, 6.45) is 5.79. The molecule has 1 N–H and O–H groups in total. The second-order valence-electron chi connectivity index (χ2n) is 8.88. The number of allylic oxidation sites excluding steroid dienone is 2. The quantitative estimate of drug-likeness (QED) is 0.384. The van der Waals surface area contributed by atoms with Crippen LogP contribution in [0.4, 0.5) is 0 Å². The van der Waals surface area contributed by atoms with Crippen molar-refractivity contribution >= 4 is 22.5 Å². The molecule has 0 saturated heterocycles. The van der Waals surface area contributed by atoms with Crippen LogP contribution in [-0.4, -0.2) is 30.7 Å². The molecule has 2 aliphatic carbocycles. The van der Waals surface area contributed by atoms with Crippen LogP contribution < -0.4 is 5.56 Å². The number of hydrogen-bond acceptors (Lipinski definition) is 5. The van der Waals surface area contributed by atoms with E-state index in [4.69, 9.17) is 10.1 Å². The molecule has 4 aromatic rings. The molecule has 2 heterocycles. The van der Waals surface area contributed by atoms with Gasteiger partial charge in [0.2, 0.25) is 0 Å². The van der Waals surface area contributed by atoms with Crippen molar-refractivity contribution in [2.24, 2.45) is 17.8 Å². The van der Waals surface area contributed by atoms with E-state index in [1.807, 2.05) is 54.6 Å². The summed E-state index contributed by atoms with van der Waals surface area (Å²) < 4.78 is 1.61. The van der Waals surface area contributed by atoms with Crippen LogP contribution in [0, 0.1) is 17.8 Å². The third-order valence-corrected chi connectivity index (χ3v) is 7.09. The number of hydrogen-bond donors (Lipinski definition) is 1. The molecule has 2 bridgehead atoms. The van der Waals surface area contributed by atoms with Crippen molar-refractivity contribution in [2.45, 2.75) is 25.7 Å². The maximum Gasteiger partial charge on any atom is 0.307 e. The molecule has 0 amide bonds. The summed E-state index contributed by atoms with van der Waals surface area (Å²) in [4.78, 5) is 34.6. The van der Waals surface area contributed by atoms with E-state index in [1.165, 1.54) is 5.56 Å². The maximum atomic E-state index is 13.1. The number of carboxylic acids is 1. The summed E-state index contributed by atoms with van der Waals surface area (Å²) in [6, 6.07) is 15.2. The van der Waals surface area contributed by atoms with Crippen LogP contribution in [0.3, 0.4) is 0 Å². The van der Waals surface area contributed by atoms with E-state index in [0.29, 0.717) is 27.9 Å². The standard InChI is InChI=1S/C26H22N4O3/c1-2-14-7-9-15(10-8-14)22-25(31)28-23-18-5-3-4-6-19(18)27-24(30(23)29-22)20-16-11-12-17(13-16)21(20)26(32)33/h3-12,16-17,20-21H,2,13H2,1H3,(H,32,33)/t16-,17-,20+,21+/m0/s1.